The number of nitrogens with zero attached hydrogens (tertiary/aromatic N) is 2. The molecule has 0 aromatic carbocycles. The standard InChI is InChI=1S/C15H14BrN3O3/c16-13-6-10(15(20)21)9-19-11(8-18-14(13)19)7-17-4-3-12-2-1-5-22-12/h1-2,5-6,8-9,17H,3-4,7H2,(H,20,21). The van der Waals surface area contributed by atoms with Crippen LogP contribution in [0.3, 0.4) is 0 Å². The van der Waals surface area contributed by atoms with Crippen molar-refractivity contribution < 1.29 is 14.3 Å². The summed E-state index contributed by atoms with van der Waals surface area (Å²) in [4.78, 5) is 15.5. The van der Waals surface area contributed by atoms with Crippen LogP contribution in [0.15, 0.2) is 45.7 Å². The fourth-order valence-corrected chi connectivity index (χ4v) is 2.76. The van der Waals surface area contributed by atoms with Gasteiger partial charge in [-0.3, -0.25) is 0 Å². The van der Waals surface area contributed by atoms with Gasteiger partial charge in [-0.25, -0.2) is 9.78 Å². The van der Waals surface area contributed by atoms with E-state index in [1.807, 2.05) is 12.1 Å². The summed E-state index contributed by atoms with van der Waals surface area (Å²) in [6.45, 7) is 1.36. The molecule has 3 aromatic rings. The van der Waals surface area contributed by atoms with E-state index < -0.39 is 5.97 Å². The first-order chi connectivity index (χ1) is 10.6. The van der Waals surface area contributed by atoms with Gasteiger partial charge in [0.1, 0.15) is 5.76 Å². The lowest BCUT2D eigenvalue weighted by Gasteiger charge is -2.06. The highest BCUT2D eigenvalue weighted by atomic mass is 79.9. The summed E-state index contributed by atoms with van der Waals surface area (Å²) in [5.74, 6) is -0.0328. The van der Waals surface area contributed by atoms with Crippen molar-refractivity contribution >= 4 is 27.5 Å². The van der Waals surface area contributed by atoms with E-state index in [0.29, 0.717) is 16.7 Å². The number of carboxylic acids is 1. The fraction of sp³-hybridized carbons (Fsp3) is 0.200. The van der Waals surface area contributed by atoms with E-state index in [1.165, 1.54) is 0 Å². The molecule has 0 aliphatic carbocycles. The molecule has 3 rings (SSSR count). The van der Waals surface area contributed by atoms with Gasteiger partial charge in [0.2, 0.25) is 0 Å². The number of nitrogens with one attached hydrogen (secondary N) is 1. The Balaban J connectivity index is 1.72. The molecule has 0 saturated heterocycles. The Morgan fingerprint density at radius 3 is 3.09 bits per heavy atom. The average molecular weight is 364 g/mol. The number of carboxylic acid groups (broad SMARTS) is 1. The minimum atomic E-state index is -0.965. The highest BCUT2D eigenvalue weighted by molar-refractivity contribution is 9.10. The van der Waals surface area contributed by atoms with E-state index in [4.69, 9.17) is 9.52 Å². The van der Waals surface area contributed by atoms with Crippen molar-refractivity contribution in [3.63, 3.8) is 0 Å². The van der Waals surface area contributed by atoms with Crippen molar-refractivity contribution in [2.45, 2.75) is 13.0 Å². The minimum absolute atomic E-state index is 0.217. The summed E-state index contributed by atoms with van der Waals surface area (Å²) in [6.07, 6.45) is 5.78. The lowest BCUT2D eigenvalue weighted by molar-refractivity contribution is 0.0696. The predicted molar refractivity (Wildman–Crippen MR) is 84.0 cm³/mol. The molecular formula is C15H14BrN3O3. The number of fused-ring (bicyclic) bond motifs is 1. The van der Waals surface area contributed by atoms with Gasteiger partial charge in [0, 0.05) is 25.7 Å². The molecule has 3 heterocycles. The molecule has 0 atom stereocenters. The number of aromatic nitrogens is 2. The number of hydrogen-bond acceptors (Lipinski definition) is 4. The van der Waals surface area contributed by atoms with E-state index >= 15 is 0 Å². The lowest BCUT2D eigenvalue weighted by Crippen LogP contribution is -2.17. The van der Waals surface area contributed by atoms with Gasteiger partial charge < -0.3 is 19.2 Å². The van der Waals surface area contributed by atoms with Crippen molar-refractivity contribution in [3.8, 4) is 0 Å². The highest BCUT2D eigenvalue weighted by Crippen LogP contribution is 2.20. The Labute approximate surface area is 134 Å². The summed E-state index contributed by atoms with van der Waals surface area (Å²) >= 11 is 3.36. The molecule has 0 radical (unpaired) electrons. The number of halogens is 1. The van der Waals surface area contributed by atoms with Gasteiger partial charge in [-0.05, 0) is 34.1 Å². The van der Waals surface area contributed by atoms with Gasteiger partial charge in [0.15, 0.2) is 5.65 Å². The summed E-state index contributed by atoms with van der Waals surface area (Å²) < 4.78 is 7.72. The Kier molecular flexibility index (Phi) is 4.26. The van der Waals surface area contributed by atoms with Crippen LogP contribution in [0.25, 0.3) is 5.65 Å². The number of carbonyl (C=O) groups is 1. The highest BCUT2D eigenvalue weighted by Gasteiger charge is 2.11. The maximum Gasteiger partial charge on any atom is 0.337 e. The maximum absolute atomic E-state index is 11.1. The van der Waals surface area contributed by atoms with Gasteiger partial charge in [-0.2, -0.15) is 0 Å². The van der Waals surface area contributed by atoms with Crippen LogP contribution in [0.1, 0.15) is 21.8 Å². The molecule has 0 aliphatic rings. The Hall–Kier alpha value is -2.12. The second-order valence-corrected chi connectivity index (χ2v) is 5.69. The molecule has 0 saturated carbocycles. The largest absolute Gasteiger partial charge is 0.478 e. The quantitative estimate of drug-likeness (QED) is 0.658. The Morgan fingerprint density at radius 2 is 2.36 bits per heavy atom. The molecule has 7 heteroatoms. The first-order valence-electron chi connectivity index (χ1n) is 6.77. The van der Waals surface area contributed by atoms with Crippen LogP contribution in [0.5, 0.6) is 0 Å². The zero-order valence-electron chi connectivity index (χ0n) is 11.6. The molecule has 2 N–H and O–H groups in total. The van der Waals surface area contributed by atoms with E-state index in [2.05, 4.69) is 26.2 Å². The van der Waals surface area contributed by atoms with E-state index in [1.54, 1.807) is 29.1 Å². The lowest BCUT2D eigenvalue weighted by atomic mass is 10.3. The SMILES string of the molecule is O=C(O)c1cc(Br)c2ncc(CNCCc3ccco3)n2c1. The van der Waals surface area contributed by atoms with Gasteiger partial charge in [-0.1, -0.05) is 0 Å². The molecule has 6 nitrogen and oxygen atoms in total. The molecule has 114 valence electrons. The predicted octanol–water partition coefficient (Wildman–Crippen LogP) is 2.72. The van der Waals surface area contributed by atoms with Crippen LogP contribution in [-0.4, -0.2) is 27.0 Å². The first-order valence-corrected chi connectivity index (χ1v) is 7.56. The molecule has 0 bridgehead atoms. The van der Waals surface area contributed by atoms with Crippen LogP contribution in [0, 0.1) is 0 Å². The summed E-state index contributed by atoms with van der Waals surface area (Å²) in [5.41, 5.74) is 1.82. The smallest absolute Gasteiger partial charge is 0.337 e. The third-order valence-corrected chi connectivity index (χ3v) is 3.90. The minimum Gasteiger partial charge on any atom is -0.478 e. The molecule has 0 aliphatic heterocycles. The molecule has 0 fully saturated rings. The molecule has 3 aromatic heterocycles. The molecule has 22 heavy (non-hydrogen) atoms. The second-order valence-electron chi connectivity index (χ2n) is 4.83. The number of aromatic carboxylic acids is 1. The monoisotopic (exact) mass is 363 g/mol. The Bertz CT molecular complexity index is 796. The van der Waals surface area contributed by atoms with Gasteiger partial charge in [-0.15, -0.1) is 0 Å². The van der Waals surface area contributed by atoms with Gasteiger partial charge in [0.05, 0.1) is 28.2 Å². The van der Waals surface area contributed by atoms with Crippen molar-refractivity contribution in [2.75, 3.05) is 6.54 Å². The third kappa shape index (κ3) is 3.05. The van der Waals surface area contributed by atoms with Crippen molar-refractivity contribution in [1.82, 2.24) is 14.7 Å². The van der Waals surface area contributed by atoms with Crippen molar-refractivity contribution in [1.29, 1.82) is 0 Å². The molecule has 0 spiro atoms. The van der Waals surface area contributed by atoms with Crippen LogP contribution >= 0.6 is 15.9 Å². The number of rotatable bonds is 6. The van der Waals surface area contributed by atoms with Gasteiger partial charge >= 0.3 is 5.97 Å². The first kappa shape index (κ1) is 14.8. The molecule has 0 unspecified atom stereocenters. The van der Waals surface area contributed by atoms with E-state index in [0.717, 1.165) is 24.4 Å². The van der Waals surface area contributed by atoms with E-state index in [-0.39, 0.29) is 5.56 Å². The van der Waals surface area contributed by atoms with Crippen LogP contribution in [-0.2, 0) is 13.0 Å². The summed E-state index contributed by atoms with van der Waals surface area (Å²) in [6, 6.07) is 5.36. The number of imidazole rings is 1. The van der Waals surface area contributed by atoms with E-state index in [9.17, 15) is 4.79 Å². The second kappa shape index (κ2) is 6.33. The summed E-state index contributed by atoms with van der Waals surface area (Å²) in [5, 5.41) is 12.4. The summed E-state index contributed by atoms with van der Waals surface area (Å²) in [7, 11) is 0. The number of pyridine rings is 1. The topological polar surface area (TPSA) is 79.8 Å². The Morgan fingerprint density at radius 1 is 1.50 bits per heavy atom. The fourth-order valence-electron chi connectivity index (χ4n) is 2.22. The number of furan rings is 1. The van der Waals surface area contributed by atoms with Crippen molar-refractivity contribution in [2.24, 2.45) is 0 Å². The number of hydrogen-bond donors (Lipinski definition) is 2. The van der Waals surface area contributed by atoms with Crippen LogP contribution in [0.2, 0.25) is 0 Å². The van der Waals surface area contributed by atoms with Crippen molar-refractivity contribution in [3.05, 3.63) is 58.3 Å². The zero-order chi connectivity index (χ0) is 15.5. The normalized spacial score (nSPS) is 11.1. The van der Waals surface area contributed by atoms with Gasteiger partial charge in [0.25, 0.3) is 0 Å². The maximum atomic E-state index is 11.1. The molecule has 0 amide bonds. The average Bonchev–Trinajstić information content (AvgIpc) is 3.13. The van der Waals surface area contributed by atoms with Crippen LogP contribution < -0.4 is 5.32 Å². The molecular weight excluding hydrogens is 350 g/mol. The van der Waals surface area contributed by atoms with Crippen LogP contribution in [0.4, 0.5) is 0 Å². The zero-order valence-corrected chi connectivity index (χ0v) is 13.2. The third-order valence-electron chi connectivity index (χ3n) is 3.32.